The summed E-state index contributed by atoms with van der Waals surface area (Å²) in [5.41, 5.74) is 11.7. The average molecular weight is 279 g/mol. The molecule has 0 amide bonds. The van der Waals surface area contributed by atoms with E-state index in [9.17, 15) is 0 Å². The van der Waals surface area contributed by atoms with Gasteiger partial charge in [0.05, 0.1) is 0 Å². The number of nitrogen functional groups attached to an aromatic ring is 1. The van der Waals surface area contributed by atoms with Gasteiger partial charge in [-0.05, 0) is 48.2 Å². The first kappa shape index (κ1) is 12.2. The van der Waals surface area contributed by atoms with Crippen molar-refractivity contribution in [2.75, 3.05) is 17.2 Å². The van der Waals surface area contributed by atoms with Crippen LogP contribution in [0.3, 0.4) is 0 Å². The number of aromatic nitrogens is 3. The first-order valence-corrected chi connectivity index (χ1v) is 7.14. The Morgan fingerprint density at radius 3 is 3.05 bits per heavy atom. The minimum absolute atomic E-state index is 0.820. The molecule has 0 radical (unpaired) electrons. The molecule has 5 heteroatoms. The third-order valence-electron chi connectivity index (χ3n) is 4.14. The van der Waals surface area contributed by atoms with Crippen LogP contribution in [-0.4, -0.2) is 21.1 Å². The maximum absolute atomic E-state index is 6.14. The number of pyridine rings is 1. The van der Waals surface area contributed by atoms with E-state index >= 15 is 0 Å². The zero-order valence-corrected chi connectivity index (χ0v) is 12.0. The molecule has 0 saturated carbocycles. The van der Waals surface area contributed by atoms with Gasteiger partial charge in [0.1, 0.15) is 12.1 Å². The monoisotopic (exact) mass is 279 g/mol. The molecule has 0 fully saturated rings. The molecule has 3 heterocycles. The predicted molar refractivity (Wildman–Crippen MR) is 83.3 cm³/mol. The Kier molecular flexibility index (Phi) is 2.60. The van der Waals surface area contributed by atoms with Crippen molar-refractivity contribution in [2.45, 2.75) is 19.9 Å². The molecule has 4 rings (SSSR count). The van der Waals surface area contributed by atoms with Crippen molar-refractivity contribution in [3.63, 3.8) is 0 Å². The molecule has 0 saturated heterocycles. The smallest absolute Gasteiger partial charge is 0.157 e. The zero-order valence-electron chi connectivity index (χ0n) is 12.0. The number of benzene rings is 1. The molecule has 3 aromatic rings. The molecule has 0 bridgehead atoms. The number of anilines is 2. The standard InChI is InChI=1S/C16H17N5/c1-11-7-15-18-10-19-21(15)16(8-11)20-6-5-12-3-2-4-14(17)13(12)9-20/h2-4,7-8,10H,5-6,9,17H2,1H3. The maximum Gasteiger partial charge on any atom is 0.157 e. The van der Waals surface area contributed by atoms with E-state index in [2.05, 4.69) is 34.0 Å². The molecule has 1 aromatic carbocycles. The molecule has 0 spiro atoms. The van der Waals surface area contributed by atoms with Crippen LogP contribution in [0.4, 0.5) is 11.5 Å². The van der Waals surface area contributed by atoms with Crippen LogP contribution in [0.5, 0.6) is 0 Å². The van der Waals surface area contributed by atoms with Gasteiger partial charge >= 0.3 is 0 Å². The Balaban J connectivity index is 1.81. The van der Waals surface area contributed by atoms with E-state index in [1.54, 1.807) is 6.33 Å². The second-order valence-corrected chi connectivity index (χ2v) is 5.58. The zero-order chi connectivity index (χ0) is 14.4. The highest BCUT2D eigenvalue weighted by molar-refractivity contribution is 5.58. The summed E-state index contributed by atoms with van der Waals surface area (Å²) in [5.74, 6) is 1.08. The lowest BCUT2D eigenvalue weighted by Gasteiger charge is -2.31. The van der Waals surface area contributed by atoms with Crippen molar-refractivity contribution in [3.05, 3.63) is 53.3 Å². The lowest BCUT2D eigenvalue weighted by molar-refractivity contribution is 0.706. The molecule has 0 atom stereocenters. The van der Waals surface area contributed by atoms with Crippen molar-refractivity contribution >= 4 is 17.2 Å². The number of nitrogens with zero attached hydrogens (tertiary/aromatic N) is 4. The highest BCUT2D eigenvalue weighted by Crippen LogP contribution is 2.28. The van der Waals surface area contributed by atoms with Gasteiger partial charge in [0.2, 0.25) is 0 Å². The van der Waals surface area contributed by atoms with E-state index in [4.69, 9.17) is 5.73 Å². The van der Waals surface area contributed by atoms with Crippen LogP contribution in [0, 0.1) is 6.92 Å². The van der Waals surface area contributed by atoms with Crippen LogP contribution >= 0.6 is 0 Å². The maximum atomic E-state index is 6.14. The van der Waals surface area contributed by atoms with Crippen molar-refractivity contribution < 1.29 is 0 Å². The quantitative estimate of drug-likeness (QED) is 0.694. The SMILES string of the molecule is Cc1cc(N2CCc3cccc(N)c3C2)n2ncnc2c1. The second kappa shape index (κ2) is 4.48. The third-order valence-corrected chi connectivity index (χ3v) is 4.14. The summed E-state index contributed by atoms with van der Waals surface area (Å²) >= 11 is 0. The molecule has 0 unspecified atom stereocenters. The summed E-state index contributed by atoms with van der Waals surface area (Å²) in [6.07, 6.45) is 2.61. The summed E-state index contributed by atoms with van der Waals surface area (Å²) in [6, 6.07) is 10.4. The molecule has 5 nitrogen and oxygen atoms in total. The van der Waals surface area contributed by atoms with E-state index in [0.717, 1.165) is 36.7 Å². The van der Waals surface area contributed by atoms with Gasteiger partial charge in [-0.15, -0.1) is 0 Å². The van der Waals surface area contributed by atoms with E-state index in [-0.39, 0.29) is 0 Å². The van der Waals surface area contributed by atoms with E-state index in [1.165, 1.54) is 16.7 Å². The van der Waals surface area contributed by atoms with Gasteiger partial charge in [-0.25, -0.2) is 4.98 Å². The fourth-order valence-electron chi connectivity index (χ4n) is 3.06. The highest BCUT2D eigenvalue weighted by Gasteiger charge is 2.20. The predicted octanol–water partition coefficient (Wildman–Crippen LogP) is 2.18. The molecule has 2 N–H and O–H groups in total. The minimum atomic E-state index is 0.820. The van der Waals surface area contributed by atoms with Gasteiger partial charge in [0.15, 0.2) is 5.65 Å². The number of nitrogens with two attached hydrogens (primary N) is 1. The summed E-state index contributed by atoms with van der Waals surface area (Å²) in [6.45, 7) is 3.87. The van der Waals surface area contributed by atoms with E-state index in [1.807, 2.05) is 22.7 Å². The van der Waals surface area contributed by atoms with Crippen molar-refractivity contribution in [1.29, 1.82) is 0 Å². The topological polar surface area (TPSA) is 59.5 Å². The summed E-state index contributed by atoms with van der Waals surface area (Å²) in [7, 11) is 0. The Morgan fingerprint density at radius 2 is 2.14 bits per heavy atom. The fraction of sp³-hybridized carbons (Fsp3) is 0.250. The lowest BCUT2D eigenvalue weighted by Crippen LogP contribution is -2.32. The van der Waals surface area contributed by atoms with Crippen molar-refractivity contribution in [2.24, 2.45) is 0 Å². The van der Waals surface area contributed by atoms with Gasteiger partial charge in [0, 0.05) is 18.8 Å². The van der Waals surface area contributed by atoms with Crippen LogP contribution < -0.4 is 10.6 Å². The average Bonchev–Trinajstić information content (AvgIpc) is 2.94. The number of hydrogen-bond acceptors (Lipinski definition) is 4. The first-order valence-electron chi connectivity index (χ1n) is 7.14. The van der Waals surface area contributed by atoms with Crippen molar-refractivity contribution in [3.8, 4) is 0 Å². The van der Waals surface area contributed by atoms with Crippen LogP contribution in [0.25, 0.3) is 5.65 Å². The van der Waals surface area contributed by atoms with Crippen LogP contribution in [0.1, 0.15) is 16.7 Å². The molecule has 21 heavy (non-hydrogen) atoms. The summed E-state index contributed by atoms with van der Waals surface area (Å²) in [4.78, 5) is 6.62. The Morgan fingerprint density at radius 1 is 1.24 bits per heavy atom. The first-order chi connectivity index (χ1) is 10.2. The largest absolute Gasteiger partial charge is 0.398 e. The lowest BCUT2D eigenvalue weighted by atomic mass is 9.98. The molecule has 106 valence electrons. The Hall–Kier alpha value is -2.56. The minimum Gasteiger partial charge on any atom is -0.398 e. The van der Waals surface area contributed by atoms with Gasteiger partial charge in [-0.2, -0.15) is 9.61 Å². The van der Waals surface area contributed by atoms with Crippen molar-refractivity contribution in [1.82, 2.24) is 14.6 Å². The molecule has 1 aliphatic rings. The Bertz CT molecular complexity index is 821. The molecular weight excluding hydrogens is 262 g/mol. The highest BCUT2D eigenvalue weighted by atomic mass is 15.4. The normalized spacial score (nSPS) is 14.4. The third kappa shape index (κ3) is 1.93. The van der Waals surface area contributed by atoms with E-state index in [0.29, 0.717) is 0 Å². The fourth-order valence-corrected chi connectivity index (χ4v) is 3.06. The van der Waals surface area contributed by atoms with Crippen LogP contribution in [0.15, 0.2) is 36.7 Å². The number of rotatable bonds is 1. The Labute approximate surface area is 123 Å². The second-order valence-electron chi connectivity index (χ2n) is 5.58. The number of aryl methyl sites for hydroxylation is 1. The summed E-state index contributed by atoms with van der Waals surface area (Å²) in [5, 5.41) is 4.35. The van der Waals surface area contributed by atoms with Crippen LogP contribution in [-0.2, 0) is 13.0 Å². The molecule has 1 aliphatic heterocycles. The number of hydrogen-bond donors (Lipinski definition) is 1. The molecule has 2 aromatic heterocycles. The van der Waals surface area contributed by atoms with Gasteiger partial charge in [-0.3, -0.25) is 0 Å². The number of fused-ring (bicyclic) bond motifs is 2. The van der Waals surface area contributed by atoms with Gasteiger partial charge in [-0.1, -0.05) is 12.1 Å². The van der Waals surface area contributed by atoms with Gasteiger partial charge < -0.3 is 10.6 Å². The van der Waals surface area contributed by atoms with E-state index < -0.39 is 0 Å². The molecular formula is C16H17N5. The van der Waals surface area contributed by atoms with Gasteiger partial charge in [0.25, 0.3) is 0 Å². The summed E-state index contributed by atoms with van der Waals surface area (Å²) < 4.78 is 1.90. The van der Waals surface area contributed by atoms with Crippen LogP contribution in [0.2, 0.25) is 0 Å². The molecule has 0 aliphatic carbocycles.